The highest BCUT2D eigenvalue weighted by atomic mass is 16.5. The molecule has 7 heteroatoms. The Morgan fingerprint density at radius 3 is 2.66 bits per heavy atom. The van der Waals surface area contributed by atoms with E-state index in [1.807, 2.05) is 54.6 Å². The summed E-state index contributed by atoms with van der Waals surface area (Å²) < 4.78 is 12.3. The van der Waals surface area contributed by atoms with Crippen molar-refractivity contribution >= 4 is 11.8 Å². The summed E-state index contributed by atoms with van der Waals surface area (Å²) in [6.07, 6.45) is 0. The second-order valence-electron chi connectivity index (χ2n) is 6.39. The molecule has 1 aromatic heterocycles. The maximum Gasteiger partial charge on any atom is 0.331 e. The number of fused-ring (bicyclic) bond motifs is 3. The monoisotopic (exact) mass is 387 g/mol. The van der Waals surface area contributed by atoms with Crippen LogP contribution < -0.4 is 4.74 Å². The van der Waals surface area contributed by atoms with Gasteiger partial charge in [0.2, 0.25) is 11.7 Å². The number of hydrogen-bond acceptors (Lipinski definition) is 6. The first kappa shape index (κ1) is 18.4. The van der Waals surface area contributed by atoms with Crippen molar-refractivity contribution in [3.05, 3.63) is 65.9 Å². The first-order chi connectivity index (χ1) is 14.2. The molecule has 0 saturated heterocycles. The van der Waals surface area contributed by atoms with Gasteiger partial charge < -0.3 is 9.47 Å². The number of hydrogen-bond donors (Lipinski definition) is 0. The number of carbonyl (C=O) groups excluding carboxylic acids is 2. The molecule has 2 heterocycles. The van der Waals surface area contributed by atoms with Gasteiger partial charge in [-0.3, -0.25) is 9.59 Å². The maximum absolute atomic E-state index is 13.1. The second kappa shape index (κ2) is 7.60. The number of nitriles is 1. The number of rotatable bonds is 5. The van der Waals surface area contributed by atoms with E-state index in [1.54, 1.807) is 17.7 Å². The number of nitrogens with zero attached hydrogens (tertiary/aromatic N) is 3. The fourth-order valence-electron chi connectivity index (χ4n) is 3.34. The lowest BCUT2D eigenvalue weighted by atomic mass is 9.96. The number of ether oxygens (including phenoxy) is 2. The Hall–Kier alpha value is -3.92. The molecule has 29 heavy (non-hydrogen) atoms. The maximum atomic E-state index is 13.1. The summed E-state index contributed by atoms with van der Waals surface area (Å²) in [6.45, 7) is 1.81. The highest BCUT2D eigenvalue weighted by Crippen LogP contribution is 2.40. The number of aromatic nitrogens is 2. The fraction of sp³-hybridized carbons (Fsp3) is 0.182. The first-order valence-electron chi connectivity index (χ1n) is 9.15. The molecule has 0 radical (unpaired) electrons. The SMILES string of the molecule is CCOC(=O)C(C#N)C(=O)c1nn(-c2ccccc2)c2c1COc1ccccc1-2. The van der Waals surface area contributed by atoms with Crippen LogP contribution in [0.5, 0.6) is 5.75 Å². The molecule has 1 unspecified atom stereocenters. The third-order valence-corrected chi connectivity index (χ3v) is 4.65. The van der Waals surface area contributed by atoms with Crippen LogP contribution in [0.2, 0.25) is 0 Å². The topological polar surface area (TPSA) is 94.2 Å². The zero-order valence-corrected chi connectivity index (χ0v) is 15.7. The fourth-order valence-corrected chi connectivity index (χ4v) is 3.34. The summed E-state index contributed by atoms with van der Waals surface area (Å²) in [5, 5.41) is 13.9. The third kappa shape index (κ3) is 3.15. The van der Waals surface area contributed by atoms with Gasteiger partial charge >= 0.3 is 5.97 Å². The molecule has 7 nitrogen and oxygen atoms in total. The average molecular weight is 387 g/mol. The molecule has 0 saturated carbocycles. The van der Waals surface area contributed by atoms with Crippen molar-refractivity contribution in [1.29, 1.82) is 5.26 Å². The van der Waals surface area contributed by atoms with E-state index in [1.165, 1.54) is 0 Å². The van der Waals surface area contributed by atoms with E-state index in [2.05, 4.69) is 5.10 Å². The van der Waals surface area contributed by atoms with Gasteiger partial charge in [-0.2, -0.15) is 10.4 Å². The van der Waals surface area contributed by atoms with Crippen molar-refractivity contribution in [2.45, 2.75) is 13.5 Å². The zero-order chi connectivity index (χ0) is 20.4. The van der Waals surface area contributed by atoms with Crippen LogP contribution in [0.1, 0.15) is 23.0 Å². The van der Waals surface area contributed by atoms with Crippen LogP contribution in [0.3, 0.4) is 0 Å². The van der Waals surface area contributed by atoms with Crippen LogP contribution in [-0.4, -0.2) is 28.1 Å². The molecule has 4 rings (SSSR count). The van der Waals surface area contributed by atoms with E-state index < -0.39 is 17.7 Å². The Labute approximate surface area is 167 Å². The Balaban J connectivity index is 1.90. The Bertz CT molecular complexity index is 1130. The van der Waals surface area contributed by atoms with Gasteiger partial charge in [0.25, 0.3) is 0 Å². The molecule has 144 valence electrons. The van der Waals surface area contributed by atoms with Gasteiger partial charge in [-0.25, -0.2) is 4.68 Å². The molecule has 1 aliphatic rings. The second-order valence-corrected chi connectivity index (χ2v) is 6.39. The molecule has 0 N–H and O–H groups in total. The van der Waals surface area contributed by atoms with Crippen molar-refractivity contribution in [3.8, 4) is 28.8 Å². The van der Waals surface area contributed by atoms with Gasteiger partial charge in [-0.1, -0.05) is 30.3 Å². The van der Waals surface area contributed by atoms with Crippen molar-refractivity contribution in [1.82, 2.24) is 9.78 Å². The van der Waals surface area contributed by atoms with Gasteiger partial charge in [0.15, 0.2) is 0 Å². The van der Waals surface area contributed by atoms with E-state index >= 15 is 0 Å². The molecule has 3 aromatic rings. The largest absolute Gasteiger partial charge is 0.488 e. The minimum Gasteiger partial charge on any atom is -0.488 e. The highest BCUT2D eigenvalue weighted by molar-refractivity contribution is 6.11. The van der Waals surface area contributed by atoms with Crippen LogP contribution >= 0.6 is 0 Å². The van der Waals surface area contributed by atoms with E-state index in [0.717, 1.165) is 11.3 Å². The highest BCUT2D eigenvalue weighted by Gasteiger charge is 2.36. The molecule has 2 aromatic carbocycles. The van der Waals surface area contributed by atoms with Gasteiger partial charge in [0.05, 0.1) is 24.1 Å². The van der Waals surface area contributed by atoms with E-state index in [9.17, 15) is 14.9 Å². The molecular formula is C22H17N3O4. The van der Waals surface area contributed by atoms with Crippen LogP contribution in [0.4, 0.5) is 0 Å². The van der Waals surface area contributed by atoms with E-state index in [0.29, 0.717) is 17.0 Å². The molecular weight excluding hydrogens is 370 g/mol. The Kier molecular flexibility index (Phi) is 4.83. The Morgan fingerprint density at radius 1 is 1.21 bits per heavy atom. The standard InChI is InChI=1S/C22H17N3O4/c1-2-28-22(27)16(12-23)21(26)19-17-13-29-18-11-7-6-10-15(18)20(17)25(24-19)14-8-4-3-5-9-14/h3-11,16H,2,13H2,1H3. The minimum atomic E-state index is -1.57. The van der Waals surface area contributed by atoms with Crippen LogP contribution in [-0.2, 0) is 16.1 Å². The van der Waals surface area contributed by atoms with Gasteiger partial charge in [-0.05, 0) is 31.2 Å². The van der Waals surface area contributed by atoms with E-state index in [4.69, 9.17) is 9.47 Å². The molecule has 0 amide bonds. The lowest BCUT2D eigenvalue weighted by Crippen LogP contribution is -2.26. The molecule has 0 aliphatic carbocycles. The van der Waals surface area contributed by atoms with Crippen molar-refractivity contribution in [2.24, 2.45) is 5.92 Å². The molecule has 0 spiro atoms. The predicted octanol–water partition coefficient (Wildman–Crippen LogP) is 3.32. The van der Waals surface area contributed by atoms with Crippen molar-refractivity contribution in [2.75, 3.05) is 6.61 Å². The summed E-state index contributed by atoms with van der Waals surface area (Å²) in [4.78, 5) is 25.2. The van der Waals surface area contributed by atoms with Gasteiger partial charge in [0.1, 0.15) is 18.1 Å². The summed E-state index contributed by atoms with van der Waals surface area (Å²) >= 11 is 0. The predicted molar refractivity (Wildman–Crippen MR) is 103 cm³/mol. The number of para-hydroxylation sites is 2. The first-order valence-corrected chi connectivity index (χ1v) is 9.15. The summed E-state index contributed by atoms with van der Waals surface area (Å²) in [5.41, 5.74) is 2.83. The average Bonchev–Trinajstić information content (AvgIpc) is 3.15. The van der Waals surface area contributed by atoms with Crippen LogP contribution in [0, 0.1) is 17.2 Å². The van der Waals surface area contributed by atoms with Gasteiger partial charge in [0, 0.05) is 11.1 Å². The lowest BCUT2D eigenvalue weighted by molar-refractivity contribution is -0.144. The van der Waals surface area contributed by atoms with Crippen LogP contribution in [0.15, 0.2) is 54.6 Å². The summed E-state index contributed by atoms with van der Waals surface area (Å²) in [6, 6.07) is 18.6. The van der Waals surface area contributed by atoms with Crippen molar-refractivity contribution < 1.29 is 19.1 Å². The lowest BCUT2D eigenvalue weighted by Gasteiger charge is -2.19. The number of carbonyl (C=O) groups is 2. The minimum absolute atomic E-state index is 0.0398. The van der Waals surface area contributed by atoms with Crippen molar-refractivity contribution in [3.63, 3.8) is 0 Å². The van der Waals surface area contributed by atoms with Crippen LogP contribution in [0.25, 0.3) is 16.9 Å². The summed E-state index contributed by atoms with van der Waals surface area (Å²) in [7, 11) is 0. The third-order valence-electron chi connectivity index (χ3n) is 4.65. The number of Topliss-reactive ketones (excluding diaryl/α,β-unsaturated/α-hetero) is 1. The normalized spacial score (nSPS) is 12.7. The quantitative estimate of drug-likeness (QED) is 0.379. The molecule has 1 aliphatic heterocycles. The van der Waals surface area contributed by atoms with E-state index in [-0.39, 0.29) is 18.9 Å². The smallest absolute Gasteiger partial charge is 0.331 e. The molecule has 0 bridgehead atoms. The summed E-state index contributed by atoms with van der Waals surface area (Å²) in [5.74, 6) is -2.46. The zero-order valence-electron chi connectivity index (χ0n) is 15.7. The molecule has 0 fully saturated rings. The number of benzene rings is 2. The molecule has 1 atom stereocenters. The van der Waals surface area contributed by atoms with Gasteiger partial charge in [-0.15, -0.1) is 0 Å². The number of esters is 1. The Morgan fingerprint density at radius 2 is 1.93 bits per heavy atom. The number of ketones is 1.